The van der Waals surface area contributed by atoms with Crippen LogP contribution >= 0.6 is 23.9 Å². The number of aromatic amines is 2. The van der Waals surface area contributed by atoms with E-state index in [4.69, 9.17) is 14.9 Å². The third-order valence-corrected chi connectivity index (χ3v) is 16.3. The molecule has 12 rings (SSSR count). The zero-order chi connectivity index (χ0) is 46.4. The van der Waals surface area contributed by atoms with Crippen LogP contribution in [0.1, 0.15) is 44.9 Å². The minimum absolute atomic E-state index is 0.0147. The summed E-state index contributed by atoms with van der Waals surface area (Å²) in [7, 11) is 0. The average Bonchev–Trinajstić information content (AvgIpc) is 4.22. The van der Waals surface area contributed by atoms with Gasteiger partial charge in [-0.25, -0.2) is 8.61 Å². The van der Waals surface area contributed by atoms with E-state index in [-0.39, 0.29) is 25.4 Å². The number of aliphatic hydroxyl groups excluding tert-OH is 2. The van der Waals surface area contributed by atoms with Crippen molar-refractivity contribution >= 4 is 69.4 Å². The van der Waals surface area contributed by atoms with Crippen molar-refractivity contribution in [3.05, 3.63) is 97.1 Å². The second-order valence-electron chi connectivity index (χ2n) is 18.6. The standard InChI is InChI=1S/C27H30N4O2S.C21H23N3S.C5H11NO3/c32-27(30-16-20-14-19(30)17-33-20)26-9-12-31(26)34-21-7-8-25(29-10-3-4-11-29)22(15-21)24-13-18-5-1-2-6-23(18)28-24;1-2-7-19-16(6-1)14-20(22-19)18-15-17(25-24-12-5-13-24)8-9-21(18)23-10-3-4-11-23;7-3-1-6(5-9)2-4-8/h1-2,5-8,13,15,19-20,26,28H,3-4,9-12,14,16-17H2;1-2,6-9,14-15,22H,3-5,10-13H2;5,7-8H,1-4H2/t19?,20-,26?;;/m1../s1. The first-order chi connectivity index (χ1) is 33.4. The highest BCUT2D eigenvalue weighted by atomic mass is 32.2. The van der Waals surface area contributed by atoms with Crippen molar-refractivity contribution in [3.8, 4) is 22.5 Å². The molecule has 13 nitrogen and oxygen atoms in total. The summed E-state index contributed by atoms with van der Waals surface area (Å²) in [6.07, 6.45) is 9.26. The number of H-pyrrole nitrogens is 2. The molecule has 2 amide bonds. The van der Waals surface area contributed by atoms with Crippen LogP contribution in [0.3, 0.4) is 0 Å². The van der Waals surface area contributed by atoms with Crippen LogP contribution < -0.4 is 9.80 Å². The van der Waals surface area contributed by atoms with Crippen LogP contribution in [0.15, 0.2) is 107 Å². The molecular weight excluding hydrogens is 893 g/mol. The first-order valence-corrected chi connectivity index (χ1v) is 26.1. The van der Waals surface area contributed by atoms with E-state index in [2.05, 4.69) is 130 Å². The predicted molar refractivity (Wildman–Crippen MR) is 275 cm³/mol. The maximum atomic E-state index is 13.2. The van der Waals surface area contributed by atoms with Crippen molar-refractivity contribution in [1.29, 1.82) is 0 Å². The number of aromatic nitrogens is 2. The summed E-state index contributed by atoms with van der Waals surface area (Å²) < 4.78 is 10.4. The maximum absolute atomic E-state index is 13.2. The SMILES string of the molecule is O=C(C1CCN1Sc1ccc(N2CCCC2)c(-c2cc3ccccc3[nH]2)c1)N1C[C@H]2CC1CO2.O=CN(CCO)CCO.c1ccc2[nH]c(-c3cc(SN4CCC4)ccc3N3CCCC3)cc2c1. The van der Waals surface area contributed by atoms with E-state index in [0.29, 0.717) is 38.1 Å². The van der Waals surface area contributed by atoms with Crippen LogP contribution in [0.25, 0.3) is 44.3 Å². The number of ether oxygens (including phenoxy) is 1. The monoisotopic (exact) mass is 956 g/mol. The van der Waals surface area contributed by atoms with Gasteiger partial charge in [-0.2, -0.15) is 0 Å². The summed E-state index contributed by atoms with van der Waals surface area (Å²) in [5.74, 6) is 0.291. The summed E-state index contributed by atoms with van der Waals surface area (Å²) in [5.41, 5.74) is 10.0. The van der Waals surface area contributed by atoms with Gasteiger partial charge in [-0.1, -0.05) is 36.4 Å². The first kappa shape index (κ1) is 46.7. The highest BCUT2D eigenvalue weighted by Gasteiger charge is 2.46. The van der Waals surface area contributed by atoms with E-state index < -0.39 is 0 Å². The fraction of sp³-hybridized carbons (Fsp3) is 0.434. The Kier molecular flexibility index (Phi) is 14.9. The quantitative estimate of drug-likeness (QED) is 0.0624. The van der Waals surface area contributed by atoms with Crippen LogP contribution in [0, 0.1) is 0 Å². The summed E-state index contributed by atoms with van der Waals surface area (Å²) >= 11 is 3.63. The Hall–Kier alpha value is -5.00. The lowest BCUT2D eigenvalue weighted by Gasteiger charge is -2.42. The smallest absolute Gasteiger partial charge is 0.241 e. The largest absolute Gasteiger partial charge is 0.395 e. The Bertz CT molecular complexity index is 2590. The Morgan fingerprint density at radius 3 is 1.69 bits per heavy atom. The van der Waals surface area contributed by atoms with E-state index >= 15 is 0 Å². The lowest BCUT2D eigenvalue weighted by molar-refractivity contribution is -0.142. The number of anilines is 2. The van der Waals surface area contributed by atoms with E-state index in [1.807, 2.05) is 11.9 Å². The number of nitrogens with one attached hydrogen (secondary N) is 2. The van der Waals surface area contributed by atoms with Crippen LogP contribution in [0.5, 0.6) is 0 Å². The summed E-state index contributed by atoms with van der Waals surface area (Å²) in [6, 6.07) is 35.7. The molecule has 8 heterocycles. The molecule has 6 saturated heterocycles. The number of benzene rings is 4. The van der Waals surface area contributed by atoms with Gasteiger partial charge in [0.2, 0.25) is 12.3 Å². The highest BCUT2D eigenvalue weighted by Crippen LogP contribution is 2.42. The molecule has 15 heteroatoms. The minimum Gasteiger partial charge on any atom is -0.395 e. The molecule has 6 aliphatic rings. The number of carbonyl (C=O) groups is 2. The third kappa shape index (κ3) is 10.4. The molecule has 6 aliphatic heterocycles. The van der Waals surface area contributed by atoms with Gasteiger partial charge in [0.1, 0.15) is 6.04 Å². The van der Waals surface area contributed by atoms with Gasteiger partial charge in [0.25, 0.3) is 0 Å². The Labute approximate surface area is 408 Å². The van der Waals surface area contributed by atoms with Crippen molar-refractivity contribution in [3.63, 3.8) is 0 Å². The Morgan fingerprint density at radius 1 is 0.691 bits per heavy atom. The van der Waals surface area contributed by atoms with Gasteiger partial charge in [-0.15, -0.1) is 0 Å². The number of carbonyl (C=O) groups excluding carboxylic acids is 2. The number of para-hydroxylation sites is 2. The summed E-state index contributed by atoms with van der Waals surface area (Å²) in [5, 5.41) is 19.1. The van der Waals surface area contributed by atoms with Gasteiger partial charge >= 0.3 is 0 Å². The first-order valence-electron chi connectivity index (χ1n) is 24.6. The molecule has 358 valence electrons. The zero-order valence-corrected chi connectivity index (χ0v) is 40.4. The normalized spacial score (nSPS) is 21.1. The molecule has 0 spiro atoms. The lowest BCUT2D eigenvalue weighted by Crippen LogP contribution is -2.56. The minimum atomic E-state index is -0.0568. The summed E-state index contributed by atoms with van der Waals surface area (Å²) in [4.78, 5) is 41.5. The lowest BCUT2D eigenvalue weighted by atomic mass is 10.1. The molecule has 0 saturated carbocycles. The molecular formula is C53H64N8O5S2. The van der Waals surface area contributed by atoms with Gasteiger partial charge in [0.05, 0.1) is 32.0 Å². The maximum Gasteiger partial charge on any atom is 0.241 e. The number of fused-ring (bicyclic) bond motifs is 4. The molecule has 68 heavy (non-hydrogen) atoms. The Morgan fingerprint density at radius 2 is 1.25 bits per heavy atom. The van der Waals surface area contributed by atoms with E-state index in [0.717, 1.165) is 44.7 Å². The predicted octanol–water partition coefficient (Wildman–Crippen LogP) is 8.09. The summed E-state index contributed by atoms with van der Waals surface area (Å²) in [6.45, 7) is 9.91. The van der Waals surface area contributed by atoms with Crippen LogP contribution in [-0.4, -0.2) is 154 Å². The van der Waals surface area contributed by atoms with Gasteiger partial charge < -0.3 is 44.5 Å². The van der Waals surface area contributed by atoms with E-state index in [9.17, 15) is 9.59 Å². The van der Waals surface area contributed by atoms with Crippen molar-refractivity contribution < 1.29 is 24.5 Å². The molecule has 0 aliphatic carbocycles. The molecule has 6 aromatic rings. The molecule has 4 aromatic carbocycles. The third-order valence-electron chi connectivity index (χ3n) is 14.1. The number of morpholine rings is 1. The van der Waals surface area contributed by atoms with Crippen molar-refractivity contribution in [1.82, 2.24) is 28.4 Å². The van der Waals surface area contributed by atoms with Crippen molar-refractivity contribution in [2.24, 2.45) is 0 Å². The number of hydrogen-bond donors (Lipinski definition) is 4. The van der Waals surface area contributed by atoms with Crippen molar-refractivity contribution in [2.75, 3.05) is 95.1 Å². The van der Waals surface area contributed by atoms with Crippen LogP contribution in [0.2, 0.25) is 0 Å². The molecule has 0 radical (unpaired) electrons. The number of aliphatic hydroxyl groups is 2. The van der Waals surface area contributed by atoms with E-state index in [1.54, 1.807) is 11.9 Å². The molecule has 6 fully saturated rings. The van der Waals surface area contributed by atoms with E-state index in [1.165, 1.54) is 123 Å². The molecule has 2 bridgehead atoms. The molecule has 3 atom stereocenters. The fourth-order valence-electron chi connectivity index (χ4n) is 10.2. The highest BCUT2D eigenvalue weighted by molar-refractivity contribution is 7.97. The number of nitrogens with zero attached hydrogens (tertiary/aromatic N) is 6. The van der Waals surface area contributed by atoms with Crippen molar-refractivity contribution in [2.45, 2.75) is 72.9 Å². The zero-order valence-electron chi connectivity index (χ0n) is 38.8. The molecule has 2 aromatic heterocycles. The van der Waals surface area contributed by atoms with Crippen LogP contribution in [0.4, 0.5) is 11.4 Å². The second-order valence-corrected chi connectivity index (χ2v) is 20.9. The molecule has 4 N–H and O–H groups in total. The fourth-order valence-corrected chi connectivity index (χ4v) is 12.3. The number of amides is 2. The van der Waals surface area contributed by atoms with Crippen LogP contribution in [-0.2, 0) is 14.3 Å². The van der Waals surface area contributed by atoms with Gasteiger partial charge in [0.15, 0.2) is 0 Å². The number of rotatable bonds is 14. The van der Waals surface area contributed by atoms with Gasteiger partial charge in [-0.05, 0) is 130 Å². The van der Waals surface area contributed by atoms with Gasteiger partial charge in [-0.3, -0.25) is 9.59 Å². The number of likely N-dealkylation sites (tertiary alicyclic amines) is 1. The topological polar surface area (TPSA) is 135 Å². The Balaban J connectivity index is 0.000000139. The molecule has 2 unspecified atom stereocenters. The van der Waals surface area contributed by atoms with Gasteiger partial charge in [0, 0.05) is 131 Å². The average molecular weight is 957 g/mol. The number of hydrogen-bond acceptors (Lipinski definition) is 11. The second kappa shape index (κ2) is 21.7.